The van der Waals surface area contributed by atoms with E-state index in [-0.39, 0.29) is 34.4 Å². The molecule has 3 aromatic rings. The van der Waals surface area contributed by atoms with Crippen LogP contribution >= 0.6 is 11.8 Å². The highest BCUT2D eigenvalue weighted by Gasteiger charge is 2.31. The summed E-state index contributed by atoms with van der Waals surface area (Å²) in [6.45, 7) is 4.14. The van der Waals surface area contributed by atoms with Crippen LogP contribution in [-0.2, 0) is 4.79 Å². The van der Waals surface area contributed by atoms with Crippen molar-refractivity contribution in [2.24, 2.45) is 5.92 Å². The number of thioether (sulfide) groups is 1. The van der Waals surface area contributed by atoms with Crippen LogP contribution in [0.1, 0.15) is 31.7 Å². The van der Waals surface area contributed by atoms with Crippen molar-refractivity contribution >= 4 is 28.4 Å². The van der Waals surface area contributed by atoms with Crippen LogP contribution in [0, 0.1) is 11.7 Å². The number of rotatable bonds is 5. The minimum absolute atomic E-state index is 0.0109. The Labute approximate surface area is 172 Å². The third kappa shape index (κ3) is 3.94. The van der Waals surface area contributed by atoms with Gasteiger partial charge in [0.25, 0.3) is 5.56 Å². The maximum atomic E-state index is 14.1. The molecule has 0 unspecified atom stereocenters. The van der Waals surface area contributed by atoms with E-state index in [9.17, 15) is 14.0 Å². The number of nitrogens with one attached hydrogen (secondary N) is 2. The van der Waals surface area contributed by atoms with Crippen LogP contribution in [-0.4, -0.2) is 22.0 Å². The summed E-state index contributed by atoms with van der Waals surface area (Å²) >= 11 is 1.59. The predicted molar refractivity (Wildman–Crippen MR) is 117 cm³/mol. The lowest BCUT2D eigenvalue weighted by atomic mass is 9.85. The van der Waals surface area contributed by atoms with E-state index in [1.807, 2.05) is 30.3 Å². The summed E-state index contributed by atoms with van der Waals surface area (Å²) in [7, 11) is 0. The van der Waals surface area contributed by atoms with Crippen molar-refractivity contribution in [1.82, 2.24) is 10.3 Å². The Morgan fingerprint density at radius 1 is 1.14 bits per heavy atom. The number of aromatic nitrogens is 1. The zero-order valence-electron chi connectivity index (χ0n) is 16.4. The van der Waals surface area contributed by atoms with Gasteiger partial charge in [0.05, 0.1) is 11.1 Å². The summed E-state index contributed by atoms with van der Waals surface area (Å²) in [6.07, 6.45) is 0.637. The Bertz CT molecular complexity index is 1130. The molecule has 1 amide bonds. The highest BCUT2D eigenvalue weighted by molar-refractivity contribution is 8.01. The first-order valence-corrected chi connectivity index (χ1v) is 10.8. The second-order valence-electron chi connectivity index (χ2n) is 7.76. The minimum atomic E-state index is -0.282. The fourth-order valence-electron chi connectivity index (χ4n) is 3.91. The third-order valence-electron chi connectivity index (χ3n) is 5.58. The number of fused-ring (bicyclic) bond motifs is 1. The average Bonchev–Trinajstić information content (AvgIpc) is 3.11. The fourth-order valence-corrected chi connectivity index (χ4v) is 4.92. The van der Waals surface area contributed by atoms with Crippen LogP contribution in [0.3, 0.4) is 0 Å². The Kier molecular flexibility index (Phi) is 5.46. The lowest BCUT2D eigenvalue weighted by Gasteiger charge is -2.22. The van der Waals surface area contributed by atoms with E-state index in [2.05, 4.69) is 24.1 Å². The van der Waals surface area contributed by atoms with E-state index < -0.39 is 0 Å². The van der Waals surface area contributed by atoms with Gasteiger partial charge in [-0.3, -0.25) is 9.59 Å². The van der Waals surface area contributed by atoms with Gasteiger partial charge in [-0.2, -0.15) is 0 Å². The van der Waals surface area contributed by atoms with Gasteiger partial charge in [-0.05, 0) is 47.4 Å². The zero-order chi connectivity index (χ0) is 20.5. The lowest BCUT2D eigenvalue weighted by Crippen LogP contribution is -2.27. The molecule has 2 aromatic carbocycles. The predicted octanol–water partition coefficient (Wildman–Crippen LogP) is 4.65. The van der Waals surface area contributed by atoms with Gasteiger partial charge in [0.15, 0.2) is 0 Å². The number of hydrogen-bond acceptors (Lipinski definition) is 3. The molecular weight excluding hydrogens is 387 g/mol. The quantitative estimate of drug-likeness (QED) is 0.643. The number of H-pyrrole nitrogens is 1. The van der Waals surface area contributed by atoms with Crippen molar-refractivity contribution in [1.29, 1.82) is 0 Å². The molecule has 150 valence electrons. The first kappa shape index (κ1) is 19.7. The largest absolute Gasteiger partial charge is 0.346 e. The fraction of sp³-hybridized carbons (Fsp3) is 0.304. The summed E-state index contributed by atoms with van der Waals surface area (Å²) in [6, 6.07) is 14.2. The van der Waals surface area contributed by atoms with E-state index in [1.54, 1.807) is 23.9 Å². The number of benzene rings is 2. The molecule has 1 fully saturated rings. The Morgan fingerprint density at radius 3 is 2.66 bits per heavy atom. The average molecular weight is 411 g/mol. The van der Waals surface area contributed by atoms with Crippen molar-refractivity contribution in [3.8, 4) is 11.3 Å². The molecule has 1 aliphatic rings. The molecule has 1 aromatic heterocycles. The van der Waals surface area contributed by atoms with Crippen molar-refractivity contribution < 1.29 is 9.18 Å². The van der Waals surface area contributed by atoms with E-state index in [4.69, 9.17) is 0 Å². The van der Waals surface area contributed by atoms with Crippen molar-refractivity contribution in [2.75, 3.05) is 5.88 Å². The Morgan fingerprint density at radius 2 is 1.97 bits per heavy atom. The molecule has 0 saturated carbocycles. The maximum absolute atomic E-state index is 14.1. The second kappa shape index (κ2) is 8.03. The van der Waals surface area contributed by atoms with Crippen molar-refractivity contribution in [3.05, 3.63) is 70.3 Å². The number of pyridine rings is 1. The van der Waals surface area contributed by atoms with Crippen LogP contribution in [0.5, 0.6) is 0 Å². The van der Waals surface area contributed by atoms with Gasteiger partial charge >= 0.3 is 0 Å². The summed E-state index contributed by atoms with van der Waals surface area (Å²) in [5, 5.41) is 4.06. The monoisotopic (exact) mass is 410 g/mol. The zero-order valence-corrected chi connectivity index (χ0v) is 17.2. The number of aromatic amines is 1. The van der Waals surface area contributed by atoms with Gasteiger partial charge in [0, 0.05) is 16.6 Å². The number of carbonyl (C=O) groups excluding carboxylic acids is 1. The van der Waals surface area contributed by atoms with E-state index >= 15 is 0 Å². The van der Waals surface area contributed by atoms with Gasteiger partial charge in [-0.15, -0.1) is 11.8 Å². The number of carbonyl (C=O) groups is 1. The van der Waals surface area contributed by atoms with Gasteiger partial charge in [-0.1, -0.05) is 44.2 Å². The summed E-state index contributed by atoms with van der Waals surface area (Å²) < 4.78 is 14.1. The first-order valence-electron chi connectivity index (χ1n) is 9.75. The molecule has 29 heavy (non-hydrogen) atoms. The van der Waals surface area contributed by atoms with Crippen LogP contribution in [0.15, 0.2) is 53.3 Å². The van der Waals surface area contributed by atoms with E-state index in [0.29, 0.717) is 28.9 Å². The highest BCUT2D eigenvalue weighted by Crippen LogP contribution is 2.33. The minimum Gasteiger partial charge on any atom is -0.346 e. The first-order chi connectivity index (χ1) is 13.9. The molecule has 6 heteroatoms. The molecule has 4 rings (SSSR count). The summed E-state index contributed by atoms with van der Waals surface area (Å²) in [5.74, 6) is 0.610. The topological polar surface area (TPSA) is 62.0 Å². The van der Waals surface area contributed by atoms with Crippen molar-refractivity contribution in [2.45, 2.75) is 31.4 Å². The second-order valence-corrected chi connectivity index (χ2v) is 8.95. The number of halogens is 1. The third-order valence-corrected chi connectivity index (χ3v) is 6.70. The molecule has 0 aliphatic carbocycles. The maximum Gasteiger partial charge on any atom is 0.251 e. The van der Waals surface area contributed by atoms with Crippen LogP contribution in [0.2, 0.25) is 0 Å². The lowest BCUT2D eigenvalue weighted by molar-refractivity contribution is -0.119. The number of hydrogen-bond donors (Lipinski definition) is 2. The molecule has 2 atom stereocenters. The summed E-state index contributed by atoms with van der Waals surface area (Å²) in [5.41, 5.74) is 1.95. The molecule has 0 bridgehead atoms. The molecule has 1 aliphatic heterocycles. The van der Waals surface area contributed by atoms with Gasteiger partial charge < -0.3 is 10.3 Å². The van der Waals surface area contributed by atoms with Crippen LogP contribution < -0.4 is 10.9 Å². The number of amides is 1. The van der Waals surface area contributed by atoms with Crippen LogP contribution in [0.25, 0.3) is 22.0 Å². The molecular formula is C23H23FN2O2S. The van der Waals surface area contributed by atoms with E-state index in [1.165, 1.54) is 6.07 Å². The molecule has 4 nitrogen and oxygen atoms in total. The molecule has 0 spiro atoms. The van der Waals surface area contributed by atoms with Crippen molar-refractivity contribution in [3.63, 3.8) is 0 Å². The standard InChI is InChI=1S/C23H23FN2O2S/c1-13(2)17(11-21-23(28)25-12-29-21)16-8-9-20(26-22(16)27)15-7-6-14-4-3-5-19(24)18(14)10-15/h3-10,13,17,21H,11-12H2,1-2H3,(H,25,28)(H,26,27)/t17-,21+/m0/s1. The van der Waals surface area contributed by atoms with Gasteiger partial charge in [0.2, 0.25) is 5.91 Å². The molecule has 2 heterocycles. The van der Waals surface area contributed by atoms with E-state index in [0.717, 1.165) is 10.9 Å². The highest BCUT2D eigenvalue weighted by atomic mass is 32.2. The normalized spacial score (nSPS) is 17.7. The summed E-state index contributed by atoms with van der Waals surface area (Å²) in [4.78, 5) is 27.8. The van der Waals surface area contributed by atoms with Gasteiger partial charge in [0.1, 0.15) is 5.82 Å². The Balaban J connectivity index is 1.67. The Hall–Kier alpha value is -2.60. The molecule has 0 radical (unpaired) electrons. The van der Waals surface area contributed by atoms with Crippen LogP contribution in [0.4, 0.5) is 4.39 Å². The van der Waals surface area contributed by atoms with Gasteiger partial charge in [-0.25, -0.2) is 4.39 Å². The SMILES string of the molecule is CC(C)[C@H](C[C@H]1SCNC1=O)c1ccc(-c2ccc3cccc(F)c3c2)[nH]c1=O. The smallest absolute Gasteiger partial charge is 0.251 e. The molecule has 1 saturated heterocycles. The molecule has 2 N–H and O–H groups in total.